The Labute approximate surface area is 144 Å². The van der Waals surface area contributed by atoms with Crippen LogP contribution in [0.25, 0.3) is 0 Å². The van der Waals surface area contributed by atoms with E-state index in [9.17, 15) is 4.79 Å². The van der Waals surface area contributed by atoms with Gasteiger partial charge in [0.05, 0.1) is 19.2 Å². The molecule has 1 aromatic carbocycles. The Balaban J connectivity index is 1.48. The van der Waals surface area contributed by atoms with Gasteiger partial charge in [0.15, 0.2) is 0 Å². The van der Waals surface area contributed by atoms with E-state index in [1.807, 2.05) is 0 Å². The first-order chi connectivity index (χ1) is 11.6. The molecule has 0 aromatic heterocycles. The minimum Gasteiger partial charge on any atom is -0.370 e. The molecular formula is C20H28N2O2. The number of hydrogen-bond acceptors (Lipinski definition) is 3. The quantitative estimate of drug-likeness (QED) is 0.907. The van der Waals surface area contributed by atoms with Crippen LogP contribution in [0.4, 0.5) is 0 Å². The van der Waals surface area contributed by atoms with Crippen LogP contribution in [0.2, 0.25) is 0 Å². The van der Waals surface area contributed by atoms with Crippen molar-refractivity contribution in [1.82, 2.24) is 10.2 Å². The minimum atomic E-state index is 0.00840. The number of piperidine rings is 1. The summed E-state index contributed by atoms with van der Waals surface area (Å²) in [5, 5.41) is 3.42. The van der Waals surface area contributed by atoms with Crippen molar-refractivity contribution in [1.29, 1.82) is 0 Å². The number of carbonyl (C=O) groups is 1. The molecule has 3 fully saturated rings. The smallest absolute Gasteiger partial charge is 0.226 e. The molecule has 1 N–H and O–H groups in total. The van der Waals surface area contributed by atoms with Crippen molar-refractivity contribution in [2.75, 3.05) is 26.2 Å². The SMILES string of the molecule is Cc1ccccc1C1CN(C(=O)C2CC23CCNCC3)C(C)CO1. The third-order valence-corrected chi connectivity index (χ3v) is 6.34. The van der Waals surface area contributed by atoms with Gasteiger partial charge in [-0.1, -0.05) is 24.3 Å². The van der Waals surface area contributed by atoms with Crippen LogP contribution in [0.15, 0.2) is 24.3 Å². The third-order valence-electron chi connectivity index (χ3n) is 6.34. The standard InChI is InChI=1S/C20H28N2O2/c1-14-5-3-4-6-16(14)18-12-22(15(2)13-24-18)19(23)17-11-20(17)7-9-21-10-8-20/h3-6,15,17-18,21H,7-13H2,1-2H3. The van der Waals surface area contributed by atoms with Crippen molar-refractivity contribution in [3.05, 3.63) is 35.4 Å². The summed E-state index contributed by atoms with van der Waals surface area (Å²) in [6.07, 6.45) is 3.41. The second kappa shape index (κ2) is 6.16. The summed E-state index contributed by atoms with van der Waals surface area (Å²) in [7, 11) is 0. The number of aryl methyl sites for hydroxylation is 1. The molecule has 2 saturated heterocycles. The molecule has 1 aliphatic carbocycles. The zero-order valence-corrected chi connectivity index (χ0v) is 14.8. The maximum Gasteiger partial charge on any atom is 0.226 e. The van der Waals surface area contributed by atoms with Crippen molar-refractivity contribution < 1.29 is 9.53 Å². The van der Waals surface area contributed by atoms with Crippen molar-refractivity contribution in [2.45, 2.75) is 45.3 Å². The largest absolute Gasteiger partial charge is 0.370 e. The highest BCUT2D eigenvalue weighted by atomic mass is 16.5. The Morgan fingerprint density at radius 3 is 2.79 bits per heavy atom. The molecule has 130 valence electrons. The van der Waals surface area contributed by atoms with Crippen molar-refractivity contribution >= 4 is 5.91 Å². The van der Waals surface area contributed by atoms with Gasteiger partial charge in [0.1, 0.15) is 6.10 Å². The first-order valence-corrected chi connectivity index (χ1v) is 9.29. The van der Waals surface area contributed by atoms with Crippen LogP contribution < -0.4 is 5.32 Å². The lowest BCUT2D eigenvalue weighted by atomic mass is 9.91. The molecule has 1 amide bonds. The molecule has 4 heteroatoms. The van der Waals surface area contributed by atoms with Crippen LogP contribution in [0.3, 0.4) is 0 Å². The molecule has 1 saturated carbocycles. The number of benzene rings is 1. The Morgan fingerprint density at radius 1 is 1.29 bits per heavy atom. The van der Waals surface area contributed by atoms with Crippen LogP contribution >= 0.6 is 0 Å². The highest BCUT2D eigenvalue weighted by Gasteiger charge is 2.59. The summed E-state index contributed by atoms with van der Waals surface area (Å²) in [5.41, 5.74) is 2.76. The van der Waals surface area contributed by atoms with Gasteiger partial charge >= 0.3 is 0 Å². The summed E-state index contributed by atoms with van der Waals surface area (Å²) in [6, 6.07) is 8.54. The molecule has 3 atom stereocenters. The molecule has 0 bridgehead atoms. The number of hydrogen-bond donors (Lipinski definition) is 1. The first kappa shape index (κ1) is 16.1. The van der Waals surface area contributed by atoms with Gasteiger partial charge in [-0.25, -0.2) is 0 Å². The van der Waals surface area contributed by atoms with E-state index in [1.165, 1.54) is 11.1 Å². The van der Waals surface area contributed by atoms with Gasteiger partial charge in [-0.15, -0.1) is 0 Å². The van der Waals surface area contributed by atoms with Crippen molar-refractivity contribution in [2.24, 2.45) is 11.3 Å². The van der Waals surface area contributed by atoms with E-state index < -0.39 is 0 Å². The van der Waals surface area contributed by atoms with E-state index in [1.54, 1.807) is 0 Å². The molecule has 0 radical (unpaired) electrons. The van der Waals surface area contributed by atoms with Gasteiger partial charge in [-0.2, -0.15) is 0 Å². The van der Waals surface area contributed by atoms with E-state index >= 15 is 0 Å². The average Bonchev–Trinajstić information content (AvgIpc) is 3.29. The first-order valence-electron chi connectivity index (χ1n) is 9.29. The predicted octanol–water partition coefficient (Wildman–Crippen LogP) is 2.67. The maximum atomic E-state index is 13.2. The monoisotopic (exact) mass is 328 g/mol. The Kier molecular flexibility index (Phi) is 4.13. The van der Waals surface area contributed by atoms with Crippen molar-refractivity contribution in [3.63, 3.8) is 0 Å². The number of ether oxygens (including phenoxy) is 1. The van der Waals surface area contributed by atoms with E-state index in [2.05, 4.69) is 48.3 Å². The Morgan fingerprint density at radius 2 is 2.04 bits per heavy atom. The maximum absolute atomic E-state index is 13.2. The molecule has 2 aliphatic heterocycles. The van der Waals surface area contributed by atoms with E-state index in [0.29, 0.717) is 24.5 Å². The number of rotatable bonds is 2. The zero-order valence-electron chi connectivity index (χ0n) is 14.8. The van der Waals surface area contributed by atoms with Gasteiger partial charge in [-0.05, 0) is 62.7 Å². The molecule has 2 heterocycles. The number of nitrogens with one attached hydrogen (secondary N) is 1. The van der Waals surface area contributed by atoms with Crippen LogP contribution in [-0.4, -0.2) is 43.1 Å². The van der Waals surface area contributed by atoms with Gasteiger partial charge in [0.25, 0.3) is 0 Å². The topological polar surface area (TPSA) is 41.6 Å². The summed E-state index contributed by atoms with van der Waals surface area (Å²) in [5.74, 6) is 0.615. The number of carbonyl (C=O) groups excluding carboxylic acids is 1. The third kappa shape index (κ3) is 2.76. The van der Waals surface area contributed by atoms with E-state index in [4.69, 9.17) is 4.74 Å². The Hall–Kier alpha value is -1.39. The lowest BCUT2D eigenvalue weighted by Gasteiger charge is -2.39. The predicted molar refractivity (Wildman–Crippen MR) is 93.7 cm³/mol. The van der Waals surface area contributed by atoms with Gasteiger partial charge in [-0.3, -0.25) is 4.79 Å². The summed E-state index contributed by atoms with van der Waals surface area (Å²) in [4.78, 5) is 15.3. The number of nitrogens with zero attached hydrogens (tertiary/aromatic N) is 1. The molecule has 3 aliphatic rings. The van der Waals surface area contributed by atoms with Gasteiger partial charge in [0.2, 0.25) is 5.91 Å². The number of amides is 1. The summed E-state index contributed by atoms with van der Waals surface area (Å²) >= 11 is 0. The van der Waals surface area contributed by atoms with Gasteiger partial charge < -0.3 is 15.0 Å². The lowest BCUT2D eigenvalue weighted by Crippen LogP contribution is -2.49. The average molecular weight is 328 g/mol. The van der Waals surface area contributed by atoms with E-state index in [0.717, 1.165) is 32.4 Å². The van der Waals surface area contributed by atoms with Crippen molar-refractivity contribution in [3.8, 4) is 0 Å². The number of morpholine rings is 1. The second-order valence-corrected chi connectivity index (χ2v) is 7.89. The molecule has 24 heavy (non-hydrogen) atoms. The van der Waals surface area contributed by atoms with Crippen LogP contribution in [0.1, 0.15) is 43.4 Å². The van der Waals surface area contributed by atoms with Crippen LogP contribution in [0, 0.1) is 18.3 Å². The molecular weight excluding hydrogens is 300 g/mol. The van der Waals surface area contributed by atoms with E-state index in [-0.39, 0.29) is 18.1 Å². The van der Waals surface area contributed by atoms with Crippen LogP contribution in [0.5, 0.6) is 0 Å². The normalized spacial score (nSPS) is 31.9. The molecule has 1 aromatic rings. The molecule has 4 rings (SSSR count). The molecule has 3 unspecified atom stereocenters. The zero-order chi connectivity index (χ0) is 16.7. The van der Waals surface area contributed by atoms with Crippen LogP contribution in [-0.2, 0) is 9.53 Å². The fourth-order valence-electron chi connectivity index (χ4n) is 4.57. The summed E-state index contributed by atoms with van der Waals surface area (Å²) < 4.78 is 6.07. The second-order valence-electron chi connectivity index (χ2n) is 7.89. The fourth-order valence-corrected chi connectivity index (χ4v) is 4.57. The fraction of sp³-hybridized carbons (Fsp3) is 0.650. The van der Waals surface area contributed by atoms with Gasteiger partial charge in [0, 0.05) is 5.92 Å². The molecule has 1 spiro atoms. The highest BCUT2D eigenvalue weighted by Crippen LogP contribution is 2.59. The Bertz CT molecular complexity index is 624. The minimum absolute atomic E-state index is 0.00840. The lowest BCUT2D eigenvalue weighted by molar-refractivity contribution is -0.147. The highest BCUT2D eigenvalue weighted by molar-refractivity contribution is 5.83. The molecule has 4 nitrogen and oxygen atoms in total. The summed E-state index contributed by atoms with van der Waals surface area (Å²) in [6.45, 7) is 7.68.